The van der Waals surface area contributed by atoms with Gasteiger partial charge in [0.1, 0.15) is 0 Å². The van der Waals surface area contributed by atoms with Crippen LogP contribution in [-0.2, 0) is 4.79 Å². The van der Waals surface area contributed by atoms with Crippen molar-refractivity contribution in [3.05, 3.63) is 12.7 Å². The number of hydrogen-bond acceptors (Lipinski definition) is 1. The first-order chi connectivity index (χ1) is 6.22. The summed E-state index contributed by atoms with van der Waals surface area (Å²) in [6.45, 7) is 6.55. The molecule has 0 aromatic rings. The summed E-state index contributed by atoms with van der Waals surface area (Å²) in [5.41, 5.74) is 0. The van der Waals surface area contributed by atoms with Crippen LogP contribution in [0, 0.1) is 11.8 Å². The van der Waals surface area contributed by atoms with Crippen molar-refractivity contribution in [1.29, 1.82) is 0 Å². The van der Waals surface area contributed by atoms with E-state index in [0.29, 0.717) is 5.92 Å². The lowest BCUT2D eigenvalue weighted by molar-refractivity contribution is -0.116. The number of carbonyl (C=O) groups is 1. The molecule has 1 amide bonds. The Bertz CT molecular complexity index is 189. The van der Waals surface area contributed by atoms with E-state index in [4.69, 9.17) is 0 Å². The third-order valence-electron chi connectivity index (χ3n) is 2.80. The molecule has 2 unspecified atom stereocenters. The van der Waals surface area contributed by atoms with Gasteiger partial charge in [0.05, 0.1) is 0 Å². The van der Waals surface area contributed by atoms with Crippen LogP contribution >= 0.6 is 0 Å². The fourth-order valence-corrected chi connectivity index (χ4v) is 2.06. The molecule has 74 valence electrons. The van der Waals surface area contributed by atoms with E-state index in [0.717, 1.165) is 12.5 Å². The van der Waals surface area contributed by atoms with Gasteiger partial charge in [0.15, 0.2) is 0 Å². The first-order valence-electron chi connectivity index (χ1n) is 5.12. The van der Waals surface area contributed by atoms with Crippen LogP contribution in [0.15, 0.2) is 12.7 Å². The molecular formula is C11H19NO. The molecule has 0 spiro atoms. The van der Waals surface area contributed by atoms with Gasteiger partial charge in [-0.05, 0) is 30.8 Å². The Morgan fingerprint density at radius 3 is 3.00 bits per heavy atom. The molecule has 1 rings (SSSR count). The van der Waals surface area contributed by atoms with Gasteiger partial charge in [0, 0.05) is 6.54 Å². The highest BCUT2D eigenvalue weighted by molar-refractivity contribution is 5.86. The summed E-state index contributed by atoms with van der Waals surface area (Å²) in [7, 11) is 0. The Balaban J connectivity index is 2.20. The molecule has 0 bridgehead atoms. The van der Waals surface area contributed by atoms with Gasteiger partial charge >= 0.3 is 0 Å². The van der Waals surface area contributed by atoms with Gasteiger partial charge in [0.2, 0.25) is 5.91 Å². The summed E-state index contributed by atoms with van der Waals surface area (Å²) >= 11 is 0. The molecular weight excluding hydrogens is 162 g/mol. The molecule has 2 heteroatoms. The van der Waals surface area contributed by atoms with Gasteiger partial charge in [-0.15, -0.1) is 0 Å². The number of carbonyl (C=O) groups excluding carboxylic acids is 1. The molecule has 0 aromatic heterocycles. The average Bonchev–Trinajstić information content (AvgIpc) is 2.14. The summed E-state index contributed by atoms with van der Waals surface area (Å²) in [6, 6.07) is 0. The molecule has 1 fully saturated rings. The number of amides is 1. The van der Waals surface area contributed by atoms with E-state index >= 15 is 0 Å². The van der Waals surface area contributed by atoms with Crippen molar-refractivity contribution in [1.82, 2.24) is 5.32 Å². The van der Waals surface area contributed by atoms with Crippen molar-refractivity contribution in [2.75, 3.05) is 6.54 Å². The van der Waals surface area contributed by atoms with Gasteiger partial charge in [-0.2, -0.15) is 0 Å². The predicted molar refractivity (Wildman–Crippen MR) is 54.3 cm³/mol. The summed E-state index contributed by atoms with van der Waals surface area (Å²) in [5, 5.41) is 2.87. The van der Waals surface area contributed by atoms with E-state index in [9.17, 15) is 4.79 Å². The molecule has 0 saturated heterocycles. The van der Waals surface area contributed by atoms with Crippen molar-refractivity contribution >= 4 is 5.91 Å². The average molecular weight is 181 g/mol. The topological polar surface area (TPSA) is 29.1 Å². The van der Waals surface area contributed by atoms with Crippen molar-refractivity contribution < 1.29 is 4.79 Å². The van der Waals surface area contributed by atoms with E-state index in [2.05, 4.69) is 18.8 Å². The van der Waals surface area contributed by atoms with E-state index in [1.807, 2.05) is 0 Å². The lowest BCUT2D eigenvalue weighted by atomic mass is 9.82. The minimum absolute atomic E-state index is 0.0433. The Hall–Kier alpha value is -0.790. The highest BCUT2D eigenvalue weighted by atomic mass is 16.1. The Morgan fingerprint density at radius 1 is 1.62 bits per heavy atom. The third kappa shape index (κ3) is 3.62. The minimum atomic E-state index is -0.0433. The first kappa shape index (κ1) is 10.3. The second kappa shape index (κ2) is 5.05. The van der Waals surface area contributed by atoms with E-state index in [1.54, 1.807) is 0 Å². The van der Waals surface area contributed by atoms with Crippen LogP contribution in [0.25, 0.3) is 0 Å². The molecule has 0 heterocycles. The van der Waals surface area contributed by atoms with Crippen LogP contribution in [0.4, 0.5) is 0 Å². The highest BCUT2D eigenvalue weighted by Gasteiger charge is 2.18. The molecule has 1 saturated carbocycles. The summed E-state index contributed by atoms with van der Waals surface area (Å²) in [6.07, 6.45) is 6.53. The first-order valence-corrected chi connectivity index (χ1v) is 5.12. The molecule has 0 aromatic carbocycles. The van der Waals surface area contributed by atoms with Crippen molar-refractivity contribution in [3.63, 3.8) is 0 Å². The summed E-state index contributed by atoms with van der Waals surface area (Å²) in [5.74, 6) is 1.48. The smallest absolute Gasteiger partial charge is 0.243 e. The molecule has 2 nitrogen and oxygen atoms in total. The van der Waals surface area contributed by atoms with Crippen LogP contribution < -0.4 is 5.32 Å². The van der Waals surface area contributed by atoms with Crippen LogP contribution in [0.1, 0.15) is 32.6 Å². The maximum atomic E-state index is 10.9. The Morgan fingerprint density at radius 2 is 2.38 bits per heavy atom. The predicted octanol–water partition coefficient (Wildman–Crippen LogP) is 2.11. The second-order valence-corrected chi connectivity index (χ2v) is 4.09. The lowest BCUT2D eigenvalue weighted by Gasteiger charge is -2.26. The molecule has 1 aliphatic rings. The fourth-order valence-electron chi connectivity index (χ4n) is 2.06. The van der Waals surface area contributed by atoms with E-state index in [1.165, 1.54) is 31.8 Å². The molecule has 0 aliphatic heterocycles. The normalized spacial score (nSPS) is 28.1. The van der Waals surface area contributed by atoms with Gasteiger partial charge < -0.3 is 5.32 Å². The van der Waals surface area contributed by atoms with E-state index in [-0.39, 0.29) is 5.91 Å². The molecule has 2 atom stereocenters. The van der Waals surface area contributed by atoms with Crippen LogP contribution in [0.2, 0.25) is 0 Å². The minimum Gasteiger partial charge on any atom is -0.352 e. The van der Waals surface area contributed by atoms with Crippen molar-refractivity contribution in [2.45, 2.75) is 32.6 Å². The van der Waals surface area contributed by atoms with Crippen molar-refractivity contribution in [2.24, 2.45) is 11.8 Å². The Labute approximate surface area is 80.4 Å². The monoisotopic (exact) mass is 181 g/mol. The Kier molecular flexibility index (Phi) is 4.00. The zero-order chi connectivity index (χ0) is 9.68. The van der Waals surface area contributed by atoms with Crippen molar-refractivity contribution in [3.8, 4) is 0 Å². The molecule has 1 aliphatic carbocycles. The number of nitrogens with one attached hydrogen (secondary N) is 1. The van der Waals surface area contributed by atoms with E-state index < -0.39 is 0 Å². The van der Waals surface area contributed by atoms with Gasteiger partial charge in [-0.1, -0.05) is 26.3 Å². The SMILES string of the molecule is C=CC(=O)NCC1CCCC(C)C1. The molecule has 13 heavy (non-hydrogen) atoms. The number of hydrogen-bond donors (Lipinski definition) is 1. The van der Waals surface area contributed by atoms with Crippen LogP contribution in [0.3, 0.4) is 0 Å². The van der Waals surface area contributed by atoms with Crippen LogP contribution in [0.5, 0.6) is 0 Å². The fraction of sp³-hybridized carbons (Fsp3) is 0.727. The third-order valence-corrected chi connectivity index (χ3v) is 2.80. The molecule has 1 N–H and O–H groups in total. The zero-order valence-electron chi connectivity index (χ0n) is 8.38. The second-order valence-electron chi connectivity index (χ2n) is 4.09. The highest BCUT2D eigenvalue weighted by Crippen LogP contribution is 2.27. The lowest BCUT2D eigenvalue weighted by Crippen LogP contribution is -2.30. The quantitative estimate of drug-likeness (QED) is 0.664. The summed E-state index contributed by atoms with van der Waals surface area (Å²) in [4.78, 5) is 10.9. The standard InChI is InChI=1S/C11H19NO/c1-3-11(13)12-8-10-6-4-5-9(2)7-10/h3,9-10H,1,4-8H2,2H3,(H,12,13). The maximum absolute atomic E-state index is 10.9. The van der Waals surface area contributed by atoms with Crippen LogP contribution in [-0.4, -0.2) is 12.5 Å². The van der Waals surface area contributed by atoms with Gasteiger partial charge in [-0.25, -0.2) is 0 Å². The number of rotatable bonds is 3. The summed E-state index contributed by atoms with van der Waals surface area (Å²) < 4.78 is 0. The van der Waals surface area contributed by atoms with Gasteiger partial charge in [-0.3, -0.25) is 4.79 Å². The largest absolute Gasteiger partial charge is 0.352 e. The zero-order valence-corrected chi connectivity index (χ0v) is 8.38. The molecule has 0 radical (unpaired) electrons. The van der Waals surface area contributed by atoms with Gasteiger partial charge in [0.25, 0.3) is 0 Å². The maximum Gasteiger partial charge on any atom is 0.243 e.